The zero-order chi connectivity index (χ0) is 18.8. The van der Waals surface area contributed by atoms with E-state index in [2.05, 4.69) is 37.3 Å². The van der Waals surface area contributed by atoms with Gasteiger partial charge in [0.1, 0.15) is 0 Å². The van der Waals surface area contributed by atoms with Crippen LogP contribution in [0, 0.1) is 18.8 Å². The lowest BCUT2D eigenvalue weighted by Crippen LogP contribution is -2.17. The van der Waals surface area contributed by atoms with Crippen LogP contribution in [0.4, 0.5) is 0 Å². The van der Waals surface area contributed by atoms with Gasteiger partial charge in [-0.1, -0.05) is 24.3 Å². The summed E-state index contributed by atoms with van der Waals surface area (Å²) in [5.74, 6) is 0.609. The van der Waals surface area contributed by atoms with Crippen molar-refractivity contribution in [2.24, 2.45) is 11.8 Å². The molecule has 4 atom stereocenters. The molecule has 2 rings (SSSR count). The fourth-order valence-corrected chi connectivity index (χ4v) is 4.58. The molecular weight excluding hydrogens is 344 g/mol. The summed E-state index contributed by atoms with van der Waals surface area (Å²) < 4.78 is 0. The Morgan fingerprint density at radius 1 is 1.23 bits per heavy atom. The predicted octanol–water partition coefficient (Wildman–Crippen LogP) is 4.40. The Labute approximate surface area is 162 Å². The lowest BCUT2D eigenvalue weighted by molar-refractivity contribution is 0.125. The number of aryl methyl sites for hydroxylation is 2. The van der Waals surface area contributed by atoms with Crippen molar-refractivity contribution in [3.8, 4) is 0 Å². The number of aliphatic hydroxyl groups is 3. The van der Waals surface area contributed by atoms with Gasteiger partial charge in [-0.25, -0.2) is 0 Å². The van der Waals surface area contributed by atoms with E-state index in [0.29, 0.717) is 5.92 Å². The van der Waals surface area contributed by atoms with Crippen molar-refractivity contribution in [3.05, 3.63) is 46.2 Å². The van der Waals surface area contributed by atoms with Gasteiger partial charge >= 0.3 is 0 Å². The maximum absolute atomic E-state index is 10.3. The molecule has 3 nitrogen and oxygen atoms in total. The topological polar surface area (TPSA) is 60.7 Å². The van der Waals surface area contributed by atoms with Crippen LogP contribution in [0.15, 0.2) is 36.4 Å². The van der Waals surface area contributed by atoms with E-state index in [1.165, 1.54) is 9.75 Å². The molecule has 0 radical (unpaired) electrons. The zero-order valence-corrected chi connectivity index (χ0v) is 16.7. The van der Waals surface area contributed by atoms with E-state index in [4.69, 9.17) is 5.11 Å². The Hall–Kier alpha value is -0.940. The molecule has 0 spiro atoms. The number of rotatable bonds is 11. The van der Waals surface area contributed by atoms with Crippen LogP contribution in [0.1, 0.15) is 54.7 Å². The lowest BCUT2D eigenvalue weighted by Gasteiger charge is -2.18. The molecule has 1 heterocycles. The van der Waals surface area contributed by atoms with E-state index < -0.39 is 6.10 Å². The van der Waals surface area contributed by atoms with Crippen LogP contribution in [0.5, 0.6) is 0 Å². The van der Waals surface area contributed by atoms with Gasteiger partial charge in [-0.05, 0) is 82.3 Å². The van der Waals surface area contributed by atoms with Crippen LogP contribution in [-0.4, -0.2) is 34.1 Å². The molecule has 0 bridgehead atoms. The molecule has 1 fully saturated rings. The molecule has 0 aromatic carbocycles. The third-order valence-corrected chi connectivity index (χ3v) is 6.32. The van der Waals surface area contributed by atoms with Crippen LogP contribution in [-0.2, 0) is 6.42 Å². The van der Waals surface area contributed by atoms with Gasteiger partial charge < -0.3 is 15.3 Å². The second kappa shape index (κ2) is 11.7. The largest absolute Gasteiger partial charge is 0.396 e. The van der Waals surface area contributed by atoms with E-state index in [9.17, 15) is 10.2 Å². The normalized spacial score (nSPS) is 24.8. The minimum Gasteiger partial charge on any atom is -0.396 e. The Morgan fingerprint density at radius 3 is 2.81 bits per heavy atom. The average molecular weight is 379 g/mol. The molecule has 0 amide bonds. The van der Waals surface area contributed by atoms with Gasteiger partial charge in [-0.2, -0.15) is 0 Å². The second-order valence-corrected chi connectivity index (χ2v) is 8.77. The van der Waals surface area contributed by atoms with Crippen molar-refractivity contribution in [3.63, 3.8) is 0 Å². The fraction of sp³-hybridized carbons (Fsp3) is 0.636. The molecule has 4 heteroatoms. The summed E-state index contributed by atoms with van der Waals surface area (Å²) in [6.07, 6.45) is 15.0. The van der Waals surface area contributed by atoms with Gasteiger partial charge in [0.25, 0.3) is 0 Å². The summed E-state index contributed by atoms with van der Waals surface area (Å²) in [6.45, 7) is 2.37. The highest BCUT2D eigenvalue weighted by atomic mass is 32.1. The lowest BCUT2D eigenvalue weighted by atomic mass is 9.90. The molecule has 26 heavy (non-hydrogen) atoms. The number of allylic oxidation sites excluding steroid dienone is 3. The maximum atomic E-state index is 10.3. The van der Waals surface area contributed by atoms with E-state index in [1.54, 1.807) is 11.3 Å². The smallest absolute Gasteiger partial charge is 0.0724 e. The molecule has 0 saturated heterocycles. The first-order valence-electron chi connectivity index (χ1n) is 9.95. The number of unbranched alkanes of at least 4 members (excludes halogenated alkanes) is 2. The SMILES string of the molecule is Cc1ccc(CC[C@H](O)C=C[C@H]2CCC(O)[C@@H]2CC=CCCCCO)s1. The van der Waals surface area contributed by atoms with Crippen LogP contribution in [0.25, 0.3) is 0 Å². The van der Waals surface area contributed by atoms with Crippen molar-refractivity contribution in [2.75, 3.05) is 6.61 Å². The molecule has 1 aromatic heterocycles. The van der Waals surface area contributed by atoms with Crippen LogP contribution in [0.3, 0.4) is 0 Å². The van der Waals surface area contributed by atoms with Crippen molar-refractivity contribution in [1.82, 2.24) is 0 Å². The second-order valence-electron chi connectivity index (χ2n) is 7.40. The predicted molar refractivity (Wildman–Crippen MR) is 109 cm³/mol. The number of thiophene rings is 1. The summed E-state index contributed by atoms with van der Waals surface area (Å²) in [5.41, 5.74) is 0. The monoisotopic (exact) mass is 378 g/mol. The summed E-state index contributed by atoms with van der Waals surface area (Å²) in [6, 6.07) is 4.27. The van der Waals surface area contributed by atoms with Crippen LogP contribution < -0.4 is 0 Å². The minimum atomic E-state index is -0.412. The fourth-order valence-electron chi connectivity index (χ4n) is 3.67. The summed E-state index contributed by atoms with van der Waals surface area (Å²) in [5, 5.41) is 29.3. The quantitative estimate of drug-likeness (QED) is 0.395. The van der Waals surface area contributed by atoms with Crippen molar-refractivity contribution >= 4 is 11.3 Å². The van der Waals surface area contributed by atoms with Crippen molar-refractivity contribution in [1.29, 1.82) is 0 Å². The van der Waals surface area contributed by atoms with Gasteiger partial charge in [0.2, 0.25) is 0 Å². The summed E-state index contributed by atoms with van der Waals surface area (Å²) >= 11 is 1.80. The molecule has 1 saturated carbocycles. The summed E-state index contributed by atoms with van der Waals surface area (Å²) in [7, 11) is 0. The highest BCUT2D eigenvalue weighted by Gasteiger charge is 2.32. The number of hydrogen-bond acceptors (Lipinski definition) is 4. The van der Waals surface area contributed by atoms with Gasteiger partial charge in [-0.3, -0.25) is 0 Å². The first kappa shape index (κ1) is 21.4. The molecule has 3 N–H and O–H groups in total. The van der Waals surface area contributed by atoms with E-state index in [-0.39, 0.29) is 18.6 Å². The number of hydrogen-bond donors (Lipinski definition) is 3. The standard InChI is InChI=1S/C22H34O3S/c1-17-8-13-20(26-17)14-12-19(24)11-9-18-10-15-22(25)21(18)7-5-3-2-4-6-16-23/h3,5,8-9,11,13,18-19,21-25H,2,4,6-7,10,12,14-16H2,1H3/t18-,19+,21+,22?/m0/s1. The van der Waals surface area contributed by atoms with E-state index in [0.717, 1.165) is 51.4 Å². The maximum Gasteiger partial charge on any atom is 0.0724 e. The highest BCUT2D eigenvalue weighted by Crippen LogP contribution is 2.36. The molecule has 1 aliphatic carbocycles. The Balaban J connectivity index is 1.75. The third kappa shape index (κ3) is 7.36. The highest BCUT2D eigenvalue weighted by molar-refractivity contribution is 7.11. The van der Waals surface area contributed by atoms with Crippen molar-refractivity contribution in [2.45, 2.75) is 70.5 Å². The third-order valence-electron chi connectivity index (χ3n) is 5.26. The Morgan fingerprint density at radius 2 is 2.08 bits per heavy atom. The van der Waals surface area contributed by atoms with Crippen molar-refractivity contribution < 1.29 is 15.3 Å². The van der Waals surface area contributed by atoms with Gasteiger partial charge in [0.15, 0.2) is 0 Å². The van der Waals surface area contributed by atoms with E-state index >= 15 is 0 Å². The molecule has 146 valence electrons. The van der Waals surface area contributed by atoms with E-state index in [1.807, 2.05) is 6.08 Å². The van der Waals surface area contributed by atoms with Crippen LogP contribution >= 0.6 is 11.3 Å². The van der Waals surface area contributed by atoms with Gasteiger partial charge in [0.05, 0.1) is 12.2 Å². The van der Waals surface area contributed by atoms with Crippen LogP contribution in [0.2, 0.25) is 0 Å². The molecule has 1 aromatic rings. The Kier molecular flexibility index (Phi) is 9.62. The molecule has 0 aliphatic heterocycles. The minimum absolute atomic E-state index is 0.238. The molecular formula is C22H34O3S. The first-order chi connectivity index (χ1) is 12.6. The zero-order valence-electron chi connectivity index (χ0n) is 15.9. The first-order valence-corrected chi connectivity index (χ1v) is 10.8. The Bertz CT molecular complexity index is 563. The van der Waals surface area contributed by atoms with Gasteiger partial charge in [0, 0.05) is 16.4 Å². The average Bonchev–Trinajstić information content (AvgIpc) is 3.20. The van der Waals surface area contributed by atoms with Gasteiger partial charge in [-0.15, -0.1) is 11.3 Å². The number of aliphatic hydroxyl groups excluding tert-OH is 3. The molecule has 1 aliphatic rings. The summed E-state index contributed by atoms with van der Waals surface area (Å²) in [4.78, 5) is 2.65. The molecule has 1 unspecified atom stereocenters.